The number of likely N-dealkylation sites (tertiary alicyclic amines) is 1. The van der Waals surface area contributed by atoms with Crippen molar-refractivity contribution < 1.29 is 14.4 Å². The van der Waals surface area contributed by atoms with E-state index in [2.05, 4.69) is 15.3 Å². The summed E-state index contributed by atoms with van der Waals surface area (Å²) in [5, 5.41) is 2.43. The molecule has 0 saturated carbocycles. The molecule has 0 unspecified atom stereocenters. The van der Waals surface area contributed by atoms with Gasteiger partial charge in [0, 0.05) is 30.9 Å². The Hall–Kier alpha value is -2.71. The van der Waals surface area contributed by atoms with Gasteiger partial charge in [-0.25, -0.2) is 9.78 Å². The average Bonchev–Trinajstić information content (AvgIpc) is 2.82. The molecule has 4 amide bonds. The Morgan fingerprint density at radius 3 is 2.39 bits per heavy atom. The number of piperidine rings is 1. The van der Waals surface area contributed by atoms with Gasteiger partial charge in [-0.15, -0.1) is 0 Å². The predicted molar refractivity (Wildman–Crippen MR) is 102 cm³/mol. The number of rotatable bonds is 4. The van der Waals surface area contributed by atoms with Crippen molar-refractivity contribution in [3.63, 3.8) is 0 Å². The number of nitrogens with one attached hydrogen (secondary N) is 2. The van der Waals surface area contributed by atoms with E-state index in [1.54, 1.807) is 23.6 Å². The quantitative estimate of drug-likeness (QED) is 0.728. The van der Waals surface area contributed by atoms with Crippen LogP contribution >= 0.6 is 0 Å². The van der Waals surface area contributed by atoms with Crippen LogP contribution in [-0.4, -0.2) is 62.8 Å². The van der Waals surface area contributed by atoms with E-state index >= 15 is 0 Å². The Balaban J connectivity index is 1.71. The zero-order chi connectivity index (χ0) is 20.6. The highest BCUT2D eigenvalue weighted by atomic mass is 16.2. The molecule has 0 atom stereocenters. The van der Waals surface area contributed by atoms with Crippen LogP contribution < -0.4 is 10.9 Å². The number of nitrogens with zero attached hydrogens (tertiary/aromatic N) is 3. The van der Waals surface area contributed by atoms with E-state index in [1.165, 1.54) is 0 Å². The molecule has 0 bridgehead atoms. The van der Waals surface area contributed by atoms with Crippen molar-refractivity contribution in [2.75, 3.05) is 19.6 Å². The number of aromatic nitrogens is 2. The molecule has 9 nitrogen and oxygen atoms in total. The van der Waals surface area contributed by atoms with E-state index in [0.29, 0.717) is 49.6 Å². The largest absolute Gasteiger partial charge is 0.342 e. The fourth-order valence-corrected chi connectivity index (χ4v) is 4.07. The van der Waals surface area contributed by atoms with E-state index in [4.69, 9.17) is 0 Å². The summed E-state index contributed by atoms with van der Waals surface area (Å²) in [4.78, 5) is 59.7. The lowest BCUT2D eigenvalue weighted by Gasteiger charge is -2.42. The second-order valence-electron chi connectivity index (χ2n) is 8.07. The zero-order valence-corrected chi connectivity index (χ0v) is 16.8. The fourth-order valence-electron chi connectivity index (χ4n) is 4.07. The number of aryl methyl sites for hydroxylation is 2. The van der Waals surface area contributed by atoms with Crippen LogP contribution in [0.4, 0.5) is 4.79 Å². The lowest BCUT2D eigenvalue weighted by atomic mass is 9.85. The number of hydrogen-bond acceptors (Lipinski definition) is 5. The number of imide groups is 1. The molecule has 2 fully saturated rings. The summed E-state index contributed by atoms with van der Waals surface area (Å²) in [5.41, 5.74) is -0.259. The van der Waals surface area contributed by atoms with Gasteiger partial charge in [0.25, 0.3) is 11.5 Å². The molecule has 2 aliphatic rings. The van der Waals surface area contributed by atoms with Crippen LogP contribution in [0.25, 0.3) is 0 Å². The first-order chi connectivity index (χ1) is 13.1. The molecule has 28 heavy (non-hydrogen) atoms. The van der Waals surface area contributed by atoms with Crippen molar-refractivity contribution in [2.24, 2.45) is 5.92 Å². The Morgan fingerprint density at radius 2 is 1.82 bits per heavy atom. The van der Waals surface area contributed by atoms with E-state index in [9.17, 15) is 19.2 Å². The standard InChI is InChI=1S/C19H27N5O4/c1-11(2)10-24-18(28)22-17(27)19(24)5-7-23(8-6-19)15(25)9-14-12(3)20-13(4)21-16(14)26/h11H,5-10H2,1-4H3,(H,20,21,26)(H,22,27,28). The fraction of sp³-hybridized carbons (Fsp3) is 0.632. The smallest absolute Gasteiger partial charge is 0.325 e. The molecule has 0 aliphatic carbocycles. The van der Waals surface area contributed by atoms with Gasteiger partial charge in [0.1, 0.15) is 11.4 Å². The molecule has 1 aromatic rings. The van der Waals surface area contributed by atoms with Gasteiger partial charge in [0.15, 0.2) is 0 Å². The first-order valence-corrected chi connectivity index (χ1v) is 9.61. The normalized spacial score (nSPS) is 18.9. The zero-order valence-electron chi connectivity index (χ0n) is 16.8. The van der Waals surface area contributed by atoms with Gasteiger partial charge in [-0.1, -0.05) is 13.8 Å². The minimum atomic E-state index is -0.878. The summed E-state index contributed by atoms with van der Waals surface area (Å²) in [6, 6.07) is -0.355. The molecule has 2 aliphatic heterocycles. The molecular formula is C19H27N5O4. The maximum atomic E-state index is 12.7. The summed E-state index contributed by atoms with van der Waals surface area (Å²) in [7, 11) is 0. The van der Waals surface area contributed by atoms with Crippen molar-refractivity contribution >= 4 is 17.8 Å². The van der Waals surface area contributed by atoms with E-state index < -0.39 is 5.54 Å². The van der Waals surface area contributed by atoms with Gasteiger partial charge >= 0.3 is 6.03 Å². The third kappa shape index (κ3) is 3.53. The third-order valence-electron chi connectivity index (χ3n) is 5.56. The molecule has 3 heterocycles. The maximum absolute atomic E-state index is 12.7. The maximum Gasteiger partial charge on any atom is 0.325 e. The highest BCUT2D eigenvalue weighted by molar-refractivity contribution is 6.07. The van der Waals surface area contributed by atoms with Crippen LogP contribution in [-0.2, 0) is 16.0 Å². The van der Waals surface area contributed by atoms with Crippen molar-refractivity contribution in [2.45, 2.75) is 52.5 Å². The number of urea groups is 1. The van der Waals surface area contributed by atoms with Crippen LogP contribution in [0.2, 0.25) is 0 Å². The second-order valence-corrected chi connectivity index (χ2v) is 8.07. The average molecular weight is 389 g/mol. The first-order valence-electron chi connectivity index (χ1n) is 9.61. The van der Waals surface area contributed by atoms with Crippen molar-refractivity contribution in [1.82, 2.24) is 25.1 Å². The predicted octanol–water partition coefficient (Wildman–Crippen LogP) is 0.498. The Morgan fingerprint density at radius 1 is 1.18 bits per heavy atom. The number of amides is 4. The van der Waals surface area contributed by atoms with E-state index in [1.807, 2.05) is 13.8 Å². The molecule has 2 N–H and O–H groups in total. The van der Waals surface area contributed by atoms with Crippen LogP contribution in [0.3, 0.4) is 0 Å². The number of aromatic amines is 1. The van der Waals surface area contributed by atoms with Crippen LogP contribution in [0, 0.1) is 19.8 Å². The molecule has 0 aromatic carbocycles. The number of carbonyl (C=O) groups is 3. The van der Waals surface area contributed by atoms with Gasteiger partial charge in [-0.3, -0.25) is 19.7 Å². The van der Waals surface area contributed by atoms with Gasteiger partial charge in [0.05, 0.1) is 6.42 Å². The number of hydrogen-bond donors (Lipinski definition) is 2. The summed E-state index contributed by atoms with van der Waals surface area (Å²) in [6.07, 6.45) is 0.761. The molecule has 9 heteroatoms. The van der Waals surface area contributed by atoms with E-state index in [0.717, 1.165) is 0 Å². The second kappa shape index (κ2) is 7.37. The topological polar surface area (TPSA) is 115 Å². The Labute approximate surface area is 163 Å². The lowest BCUT2D eigenvalue weighted by Crippen LogP contribution is -2.58. The SMILES string of the molecule is Cc1nc(C)c(CC(=O)N2CCC3(CC2)C(=O)NC(=O)N3CC(C)C)c(=O)[nH]1. The lowest BCUT2D eigenvalue weighted by molar-refractivity contribution is -0.137. The molecule has 0 radical (unpaired) electrons. The first kappa shape index (κ1) is 20.0. The molecule has 1 aromatic heterocycles. The van der Waals surface area contributed by atoms with Crippen molar-refractivity contribution in [3.05, 3.63) is 27.4 Å². The summed E-state index contributed by atoms with van der Waals surface area (Å²) in [5.74, 6) is 0.298. The van der Waals surface area contributed by atoms with Gasteiger partial charge in [-0.2, -0.15) is 0 Å². The van der Waals surface area contributed by atoms with Crippen LogP contribution in [0.5, 0.6) is 0 Å². The molecular weight excluding hydrogens is 362 g/mol. The van der Waals surface area contributed by atoms with Gasteiger partial charge in [-0.05, 0) is 32.6 Å². The summed E-state index contributed by atoms with van der Waals surface area (Å²) in [6.45, 7) is 8.63. The molecule has 2 saturated heterocycles. The highest BCUT2D eigenvalue weighted by Gasteiger charge is 2.54. The molecule has 1 spiro atoms. The highest BCUT2D eigenvalue weighted by Crippen LogP contribution is 2.34. The number of H-pyrrole nitrogens is 1. The minimum Gasteiger partial charge on any atom is -0.342 e. The van der Waals surface area contributed by atoms with Crippen molar-refractivity contribution in [3.8, 4) is 0 Å². The van der Waals surface area contributed by atoms with Gasteiger partial charge in [0.2, 0.25) is 5.91 Å². The number of carbonyl (C=O) groups excluding carboxylic acids is 3. The summed E-state index contributed by atoms with van der Waals surface area (Å²) < 4.78 is 0. The van der Waals surface area contributed by atoms with Crippen LogP contribution in [0.1, 0.15) is 43.8 Å². The third-order valence-corrected chi connectivity index (χ3v) is 5.56. The monoisotopic (exact) mass is 389 g/mol. The molecule has 152 valence electrons. The Kier molecular flexibility index (Phi) is 5.27. The molecule has 3 rings (SSSR count). The van der Waals surface area contributed by atoms with Gasteiger partial charge < -0.3 is 14.8 Å². The van der Waals surface area contributed by atoms with Crippen LogP contribution in [0.15, 0.2) is 4.79 Å². The Bertz CT molecular complexity index is 868. The van der Waals surface area contributed by atoms with E-state index in [-0.39, 0.29) is 35.7 Å². The minimum absolute atomic E-state index is 0.0255. The van der Waals surface area contributed by atoms with Crippen molar-refractivity contribution in [1.29, 1.82) is 0 Å². The summed E-state index contributed by atoms with van der Waals surface area (Å²) >= 11 is 0.